The molecule has 0 spiro atoms. The van der Waals surface area contributed by atoms with Crippen LogP contribution in [0.4, 0.5) is 0 Å². The molecule has 0 aliphatic heterocycles. The number of benzene rings is 2. The number of rotatable bonds is 5. The van der Waals surface area contributed by atoms with Gasteiger partial charge < -0.3 is 4.84 Å². The fraction of sp³-hybridized carbons (Fsp3) is 0.118. The van der Waals surface area contributed by atoms with Crippen LogP contribution in [-0.4, -0.2) is 6.21 Å². The Bertz CT molecular complexity index is 544. The molecule has 0 heterocycles. The lowest BCUT2D eigenvalue weighted by Crippen LogP contribution is -1.87. The molecule has 0 saturated heterocycles. The first-order valence-corrected chi connectivity index (χ1v) is 6.27. The van der Waals surface area contributed by atoms with E-state index in [2.05, 4.69) is 23.4 Å². The van der Waals surface area contributed by atoms with Crippen LogP contribution in [0.1, 0.15) is 18.1 Å². The molecule has 0 aromatic heterocycles. The Morgan fingerprint density at radius 2 is 1.63 bits per heavy atom. The predicted octanol–water partition coefficient (Wildman–Crippen LogP) is 4.29. The summed E-state index contributed by atoms with van der Waals surface area (Å²) in [4.78, 5) is 5.26. The Labute approximate surface area is 114 Å². The average Bonchev–Trinajstić information content (AvgIpc) is 2.46. The van der Waals surface area contributed by atoms with Crippen LogP contribution in [0.3, 0.4) is 0 Å². The molecule has 19 heavy (non-hydrogen) atoms. The number of allylic oxidation sites excluding steroid dienone is 1. The van der Waals surface area contributed by atoms with Crippen LogP contribution >= 0.6 is 0 Å². The summed E-state index contributed by atoms with van der Waals surface area (Å²) in [5.74, 6) is 0. The zero-order valence-electron chi connectivity index (χ0n) is 11.0. The summed E-state index contributed by atoms with van der Waals surface area (Å²) in [6, 6.07) is 20.1. The smallest absolute Gasteiger partial charge is 0.142 e. The maximum atomic E-state index is 5.26. The molecule has 2 heteroatoms. The molecule has 0 unspecified atom stereocenters. The lowest BCUT2D eigenvalue weighted by atomic mass is 10.1. The van der Waals surface area contributed by atoms with Crippen molar-refractivity contribution in [1.29, 1.82) is 0 Å². The lowest BCUT2D eigenvalue weighted by molar-refractivity contribution is 0.132. The van der Waals surface area contributed by atoms with Gasteiger partial charge in [-0.1, -0.05) is 71.9 Å². The van der Waals surface area contributed by atoms with Gasteiger partial charge in [0.1, 0.15) is 6.61 Å². The largest absolute Gasteiger partial charge is 0.391 e. The third kappa shape index (κ3) is 4.80. The van der Waals surface area contributed by atoms with Crippen LogP contribution in [0.25, 0.3) is 6.08 Å². The number of oxime groups is 1. The molecule has 0 amide bonds. The Hall–Kier alpha value is -2.35. The first-order valence-electron chi connectivity index (χ1n) is 6.27. The molecule has 0 saturated carbocycles. The van der Waals surface area contributed by atoms with Gasteiger partial charge in [0.15, 0.2) is 0 Å². The van der Waals surface area contributed by atoms with E-state index in [-0.39, 0.29) is 0 Å². The molecule has 2 rings (SSSR count). The van der Waals surface area contributed by atoms with Crippen LogP contribution in [0.2, 0.25) is 0 Å². The van der Waals surface area contributed by atoms with Crippen molar-refractivity contribution in [3.8, 4) is 0 Å². The molecule has 2 nitrogen and oxygen atoms in total. The second-order valence-electron chi connectivity index (χ2n) is 4.29. The molecule has 0 bridgehead atoms. The summed E-state index contributed by atoms with van der Waals surface area (Å²) in [5.41, 5.74) is 3.33. The second kappa shape index (κ2) is 7.17. The second-order valence-corrected chi connectivity index (χ2v) is 4.29. The molecule has 2 aromatic carbocycles. The Balaban J connectivity index is 1.84. The highest BCUT2D eigenvalue weighted by Crippen LogP contribution is 2.05. The van der Waals surface area contributed by atoms with Gasteiger partial charge >= 0.3 is 0 Å². The van der Waals surface area contributed by atoms with E-state index in [0.29, 0.717) is 6.61 Å². The number of hydrogen-bond donors (Lipinski definition) is 0. The fourth-order valence-electron chi connectivity index (χ4n) is 1.66. The standard InChI is InChI=1S/C17H17NO/c1-15(12-16-8-4-2-5-9-16)13-18-19-14-17-10-6-3-7-11-17/h2-13H,14H2,1H3. The topological polar surface area (TPSA) is 21.6 Å². The van der Waals surface area contributed by atoms with E-state index in [1.54, 1.807) is 6.21 Å². The first kappa shape index (κ1) is 13.1. The van der Waals surface area contributed by atoms with Gasteiger partial charge in [-0.3, -0.25) is 0 Å². The minimum Gasteiger partial charge on any atom is -0.391 e. The predicted molar refractivity (Wildman–Crippen MR) is 79.8 cm³/mol. The van der Waals surface area contributed by atoms with Gasteiger partial charge in [0.05, 0.1) is 6.21 Å². The van der Waals surface area contributed by atoms with Crippen molar-refractivity contribution in [3.05, 3.63) is 77.4 Å². The van der Waals surface area contributed by atoms with Gasteiger partial charge in [-0.25, -0.2) is 0 Å². The molecule has 0 radical (unpaired) electrons. The van der Waals surface area contributed by atoms with Crippen molar-refractivity contribution in [1.82, 2.24) is 0 Å². The highest BCUT2D eigenvalue weighted by Gasteiger charge is 1.90. The van der Waals surface area contributed by atoms with Crippen molar-refractivity contribution < 1.29 is 4.84 Å². The van der Waals surface area contributed by atoms with E-state index in [0.717, 1.165) is 16.7 Å². The van der Waals surface area contributed by atoms with E-state index >= 15 is 0 Å². The summed E-state index contributed by atoms with van der Waals surface area (Å²) in [6.45, 7) is 2.50. The molecule has 0 aliphatic rings. The molecule has 96 valence electrons. The molecule has 0 N–H and O–H groups in total. The summed E-state index contributed by atoms with van der Waals surface area (Å²) in [7, 11) is 0. The van der Waals surface area contributed by atoms with Crippen molar-refractivity contribution in [2.24, 2.45) is 5.16 Å². The number of nitrogens with zero attached hydrogens (tertiary/aromatic N) is 1. The van der Waals surface area contributed by atoms with Gasteiger partial charge in [-0.2, -0.15) is 0 Å². The summed E-state index contributed by atoms with van der Waals surface area (Å²) in [6.07, 6.45) is 3.80. The molecule has 2 aromatic rings. The highest BCUT2D eigenvalue weighted by molar-refractivity contribution is 5.84. The molecule has 0 fully saturated rings. The SMILES string of the molecule is CC(C=NOCc1ccccc1)=Cc1ccccc1. The maximum Gasteiger partial charge on any atom is 0.142 e. The lowest BCUT2D eigenvalue weighted by Gasteiger charge is -1.99. The zero-order chi connectivity index (χ0) is 13.3. The van der Waals surface area contributed by atoms with E-state index in [9.17, 15) is 0 Å². The minimum atomic E-state index is 0.496. The molecular formula is C17H17NO. The Morgan fingerprint density at radius 3 is 2.32 bits per heavy atom. The quantitative estimate of drug-likeness (QED) is 0.573. The van der Waals surface area contributed by atoms with Crippen molar-refractivity contribution in [2.75, 3.05) is 0 Å². The third-order valence-corrected chi connectivity index (χ3v) is 2.60. The third-order valence-electron chi connectivity index (χ3n) is 2.60. The van der Waals surface area contributed by atoms with Gasteiger partial charge in [0.25, 0.3) is 0 Å². The van der Waals surface area contributed by atoms with E-state index in [1.165, 1.54) is 0 Å². The first-order chi connectivity index (χ1) is 9.34. The van der Waals surface area contributed by atoms with E-state index in [4.69, 9.17) is 4.84 Å². The normalized spacial score (nSPS) is 11.7. The van der Waals surface area contributed by atoms with Crippen LogP contribution < -0.4 is 0 Å². The number of hydrogen-bond acceptors (Lipinski definition) is 2. The van der Waals surface area contributed by atoms with Crippen molar-refractivity contribution >= 4 is 12.3 Å². The average molecular weight is 251 g/mol. The van der Waals surface area contributed by atoms with Gasteiger partial charge in [-0.05, 0) is 23.6 Å². The van der Waals surface area contributed by atoms with Crippen LogP contribution in [0.5, 0.6) is 0 Å². The van der Waals surface area contributed by atoms with Crippen LogP contribution in [0, 0.1) is 0 Å². The van der Waals surface area contributed by atoms with Gasteiger partial charge in [-0.15, -0.1) is 0 Å². The summed E-state index contributed by atoms with van der Waals surface area (Å²) in [5, 5.41) is 3.97. The minimum absolute atomic E-state index is 0.496. The Morgan fingerprint density at radius 1 is 1.00 bits per heavy atom. The fourth-order valence-corrected chi connectivity index (χ4v) is 1.66. The molecule has 0 atom stereocenters. The van der Waals surface area contributed by atoms with Crippen molar-refractivity contribution in [3.63, 3.8) is 0 Å². The van der Waals surface area contributed by atoms with Crippen LogP contribution in [-0.2, 0) is 11.4 Å². The zero-order valence-corrected chi connectivity index (χ0v) is 11.0. The van der Waals surface area contributed by atoms with Crippen LogP contribution in [0.15, 0.2) is 71.4 Å². The highest BCUT2D eigenvalue weighted by atomic mass is 16.6. The van der Waals surface area contributed by atoms with Gasteiger partial charge in [0, 0.05) is 0 Å². The molecular weight excluding hydrogens is 234 g/mol. The summed E-state index contributed by atoms with van der Waals surface area (Å²) < 4.78 is 0. The molecule has 0 aliphatic carbocycles. The Kier molecular flexibility index (Phi) is 4.94. The van der Waals surface area contributed by atoms with E-state index in [1.807, 2.05) is 55.5 Å². The monoisotopic (exact) mass is 251 g/mol. The van der Waals surface area contributed by atoms with E-state index < -0.39 is 0 Å². The van der Waals surface area contributed by atoms with Gasteiger partial charge in [0.2, 0.25) is 0 Å². The summed E-state index contributed by atoms with van der Waals surface area (Å²) >= 11 is 0. The maximum absolute atomic E-state index is 5.26. The van der Waals surface area contributed by atoms with Crippen molar-refractivity contribution in [2.45, 2.75) is 13.5 Å².